The fourth-order valence-corrected chi connectivity index (χ4v) is 2.40. The van der Waals surface area contributed by atoms with Gasteiger partial charge in [-0.25, -0.2) is 0 Å². The van der Waals surface area contributed by atoms with Crippen LogP contribution >= 0.6 is 11.6 Å². The maximum absolute atomic E-state index is 6.14. The van der Waals surface area contributed by atoms with E-state index >= 15 is 0 Å². The quantitative estimate of drug-likeness (QED) is 0.631. The normalized spacial score (nSPS) is 10.9. The molecule has 2 heteroatoms. The minimum Gasteiger partial charge on any atom is -0.457 e. The van der Waals surface area contributed by atoms with Crippen LogP contribution < -0.4 is 4.74 Å². The lowest BCUT2D eigenvalue weighted by Crippen LogP contribution is -1.96. The molecule has 0 amide bonds. The lowest BCUT2D eigenvalue weighted by Gasteiger charge is -2.16. The van der Waals surface area contributed by atoms with Crippen molar-refractivity contribution in [3.63, 3.8) is 0 Å². The monoisotopic (exact) mass is 288 g/mol. The Morgan fingerprint density at radius 3 is 2.35 bits per heavy atom. The van der Waals surface area contributed by atoms with E-state index in [1.54, 1.807) is 0 Å². The summed E-state index contributed by atoms with van der Waals surface area (Å²) in [5.41, 5.74) is 4.67. The van der Waals surface area contributed by atoms with E-state index in [4.69, 9.17) is 16.3 Å². The summed E-state index contributed by atoms with van der Waals surface area (Å²) in [6, 6.07) is 12.5. The molecule has 2 aromatic rings. The molecule has 0 saturated carbocycles. The molecule has 2 aromatic carbocycles. The second kappa shape index (κ2) is 6.32. The third-order valence-electron chi connectivity index (χ3n) is 3.40. The first-order valence-electron chi connectivity index (χ1n) is 6.95. The van der Waals surface area contributed by atoms with Gasteiger partial charge in [-0.15, -0.1) is 11.6 Å². The molecule has 1 nitrogen and oxygen atoms in total. The second-order valence-corrected chi connectivity index (χ2v) is 5.80. The summed E-state index contributed by atoms with van der Waals surface area (Å²) in [4.78, 5) is 0. The molecule has 0 aliphatic rings. The predicted octanol–water partition coefficient (Wildman–Crippen LogP) is 5.96. The van der Waals surface area contributed by atoms with Gasteiger partial charge in [0.15, 0.2) is 0 Å². The van der Waals surface area contributed by atoms with Crippen LogP contribution in [0.3, 0.4) is 0 Å². The van der Waals surface area contributed by atoms with Crippen LogP contribution in [0.15, 0.2) is 36.4 Å². The van der Waals surface area contributed by atoms with Crippen LogP contribution in [0.5, 0.6) is 11.5 Å². The van der Waals surface area contributed by atoms with Crippen LogP contribution in [0.4, 0.5) is 0 Å². The van der Waals surface area contributed by atoms with Gasteiger partial charge in [0.05, 0.1) is 0 Å². The van der Waals surface area contributed by atoms with Crippen molar-refractivity contribution in [1.82, 2.24) is 0 Å². The molecule has 2 rings (SSSR count). The highest BCUT2D eigenvalue weighted by atomic mass is 35.5. The van der Waals surface area contributed by atoms with Crippen molar-refractivity contribution in [3.05, 3.63) is 58.7 Å². The number of ether oxygens (including phenoxy) is 1. The van der Waals surface area contributed by atoms with Crippen molar-refractivity contribution in [3.8, 4) is 11.5 Å². The van der Waals surface area contributed by atoms with Gasteiger partial charge in [-0.05, 0) is 54.2 Å². The third-order valence-corrected chi connectivity index (χ3v) is 3.71. The van der Waals surface area contributed by atoms with Gasteiger partial charge in [-0.1, -0.05) is 38.1 Å². The summed E-state index contributed by atoms with van der Waals surface area (Å²) in [7, 11) is 0. The number of hydrogen-bond acceptors (Lipinski definition) is 1. The molecule has 0 aliphatic heterocycles. The minimum absolute atomic E-state index is 0.438. The topological polar surface area (TPSA) is 9.23 Å². The standard InChI is InChI=1S/C18H21ClO/c1-12(2)16-7-5-13(3)9-18(16)20-17-8-6-15(11-19)10-14(17)4/h5-10,12H,11H2,1-4H3. The van der Waals surface area contributed by atoms with Gasteiger partial charge in [-0.3, -0.25) is 0 Å². The molecule has 0 atom stereocenters. The maximum atomic E-state index is 6.14. The lowest BCUT2D eigenvalue weighted by atomic mass is 10.0. The molecule has 106 valence electrons. The molecule has 0 unspecified atom stereocenters. The number of hydrogen-bond donors (Lipinski definition) is 0. The highest BCUT2D eigenvalue weighted by Gasteiger charge is 2.10. The van der Waals surface area contributed by atoms with Crippen molar-refractivity contribution in [1.29, 1.82) is 0 Å². The Morgan fingerprint density at radius 2 is 1.75 bits per heavy atom. The predicted molar refractivity (Wildman–Crippen MR) is 86.1 cm³/mol. The molecule has 0 spiro atoms. The zero-order valence-corrected chi connectivity index (χ0v) is 13.3. The summed E-state index contributed by atoms with van der Waals surface area (Å²) in [6.45, 7) is 8.50. The number of benzene rings is 2. The zero-order valence-electron chi connectivity index (χ0n) is 12.5. The first kappa shape index (κ1) is 14.9. The molecule has 0 saturated heterocycles. The number of alkyl halides is 1. The fraction of sp³-hybridized carbons (Fsp3) is 0.333. The van der Waals surface area contributed by atoms with E-state index in [2.05, 4.69) is 52.0 Å². The molecule has 0 fully saturated rings. The summed E-state index contributed by atoms with van der Waals surface area (Å²) in [5.74, 6) is 2.81. The van der Waals surface area contributed by atoms with Gasteiger partial charge in [0.25, 0.3) is 0 Å². The maximum Gasteiger partial charge on any atom is 0.131 e. The Labute approximate surface area is 126 Å². The van der Waals surface area contributed by atoms with Crippen LogP contribution in [0.25, 0.3) is 0 Å². The van der Waals surface area contributed by atoms with Crippen molar-refractivity contribution in [2.24, 2.45) is 0 Å². The van der Waals surface area contributed by atoms with E-state index in [0.717, 1.165) is 22.6 Å². The van der Waals surface area contributed by atoms with Gasteiger partial charge >= 0.3 is 0 Å². The molecule has 0 aliphatic carbocycles. The van der Waals surface area contributed by atoms with Gasteiger partial charge in [0.2, 0.25) is 0 Å². The highest BCUT2D eigenvalue weighted by molar-refractivity contribution is 6.17. The Bertz CT molecular complexity index is 602. The van der Waals surface area contributed by atoms with E-state index < -0.39 is 0 Å². The van der Waals surface area contributed by atoms with Crippen molar-refractivity contribution in [2.45, 2.75) is 39.5 Å². The highest BCUT2D eigenvalue weighted by Crippen LogP contribution is 2.33. The summed E-state index contributed by atoms with van der Waals surface area (Å²) >= 11 is 5.86. The van der Waals surface area contributed by atoms with Crippen LogP contribution in [0, 0.1) is 13.8 Å². The van der Waals surface area contributed by atoms with E-state index in [1.165, 1.54) is 11.1 Å². The van der Waals surface area contributed by atoms with E-state index in [0.29, 0.717) is 11.8 Å². The Kier molecular flexibility index (Phi) is 4.72. The average molecular weight is 289 g/mol. The zero-order chi connectivity index (χ0) is 14.7. The molecule has 0 bridgehead atoms. The molecule has 0 radical (unpaired) electrons. The Morgan fingerprint density at radius 1 is 1.00 bits per heavy atom. The summed E-state index contributed by atoms with van der Waals surface area (Å²) < 4.78 is 6.14. The third kappa shape index (κ3) is 3.34. The SMILES string of the molecule is Cc1ccc(C(C)C)c(Oc2ccc(CCl)cc2C)c1. The smallest absolute Gasteiger partial charge is 0.131 e. The molecular formula is C18H21ClO. The van der Waals surface area contributed by atoms with Gasteiger partial charge < -0.3 is 4.74 Å². The lowest BCUT2D eigenvalue weighted by molar-refractivity contribution is 0.469. The molecule has 0 heterocycles. The molecule has 0 aromatic heterocycles. The van der Waals surface area contributed by atoms with Crippen molar-refractivity contribution in [2.75, 3.05) is 0 Å². The van der Waals surface area contributed by atoms with Gasteiger partial charge in [-0.2, -0.15) is 0 Å². The van der Waals surface area contributed by atoms with E-state index in [9.17, 15) is 0 Å². The molecule has 0 N–H and O–H groups in total. The number of aryl methyl sites for hydroxylation is 2. The van der Waals surface area contributed by atoms with Gasteiger partial charge in [0.1, 0.15) is 11.5 Å². The summed E-state index contributed by atoms with van der Waals surface area (Å²) in [5, 5.41) is 0. The Hall–Kier alpha value is -1.47. The van der Waals surface area contributed by atoms with Crippen LogP contribution in [0.2, 0.25) is 0 Å². The molecular weight excluding hydrogens is 268 g/mol. The first-order valence-corrected chi connectivity index (χ1v) is 7.48. The average Bonchev–Trinajstić information content (AvgIpc) is 2.40. The summed E-state index contributed by atoms with van der Waals surface area (Å²) in [6.07, 6.45) is 0. The van der Waals surface area contributed by atoms with Crippen LogP contribution in [0.1, 0.15) is 42.0 Å². The Balaban J connectivity index is 2.36. The number of halogens is 1. The second-order valence-electron chi connectivity index (χ2n) is 5.53. The minimum atomic E-state index is 0.438. The fourth-order valence-electron chi connectivity index (χ4n) is 2.23. The van der Waals surface area contributed by atoms with Crippen molar-refractivity contribution >= 4 is 11.6 Å². The van der Waals surface area contributed by atoms with E-state index in [-0.39, 0.29) is 0 Å². The molecule has 20 heavy (non-hydrogen) atoms. The largest absolute Gasteiger partial charge is 0.457 e. The van der Waals surface area contributed by atoms with Crippen LogP contribution in [-0.2, 0) is 5.88 Å². The van der Waals surface area contributed by atoms with Crippen LogP contribution in [-0.4, -0.2) is 0 Å². The van der Waals surface area contributed by atoms with E-state index in [1.807, 2.05) is 12.1 Å². The van der Waals surface area contributed by atoms with Gasteiger partial charge in [0, 0.05) is 5.88 Å². The van der Waals surface area contributed by atoms with Crippen molar-refractivity contribution < 1.29 is 4.74 Å². The number of rotatable bonds is 4. The first-order chi connectivity index (χ1) is 9.51.